The summed E-state index contributed by atoms with van der Waals surface area (Å²) in [6.07, 6.45) is 4.45. The molecule has 0 fully saturated rings. The molecule has 28 heavy (non-hydrogen) atoms. The van der Waals surface area contributed by atoms with Gasteiger partial charge >= 0.3 is 5.97 Å². The van der Waals surface area contributed by atoms with Gasteiger partial charge < -0.3 is 9.47 Å². The minimum absolute atomic E-state index is 0.187. The number of carbonyl (C=O) groups excluding carboxylic acids is 2. The Kier molecular flexibility index (Phi) is 5.78. The van der Waals surface area contributed by atoms with Gasteiger partial charge in [0.1, 0.15) is 11.6 Å². The van der Waals surface area contributed by atoms with E-state index in [9.17, 15) is 9.59 Å². The van der Waals surface area contributed by atoms with Crippen LogP contribution in [0, 0.1) is 0 Å². The number of thiazole rings is 1. The molecule has 5 nitrogen and oxygen atoms in total. The molecule has 1 aromatic heterocycles. The van der Waals surface area contributed by atoms with Gasteiger partial charge in [-0.15, -0.1) is 11.3 Å². The Morgan fingerprint density at radius 2 is 1.82 bits per heavy atom. The van der Waals surface area contributed by atoms with E-state index in [2.05, 4.69) is 4.98 Å². The van der Waals surface area contributed by atoms with Gasteiger partial charge in [-0.3, -0.25) is 4.79 Å². The Bertz CT molecular complexity index is 978. The van der Waals surface area contributed by atoms with Crippen LogP contribution in [0.5, 0.6) is 0 Å². The second-order valence-corrected chi connectivity index (χ2v) is 7.96. The third-order valence-electron chi connectivity index (χ3n) is 4.82. The van der Waals surface area contributed by atoms with Crippen LogP contribution in [0.15, 0.2) is 42.5 Å². The molecule has 0 spiro atoms. The average Bonchev–Trinajstić information content (AvgIpc) is 3.14. The van der Waals surface area contributed by atoms with Crippen molar-refractivity contribution in [1.82, 2.24) is 4.98 Å². The molecule has 0 bridgehead atoms. The van der Waals surface area contributed by atoms with E-state index in [1.165, 1.54) is 28.9 Å². The summed E-state index contributed by atoms with van der Waals surface area (Å²) in [5.74, 6) is -0.736. The highest BCUT2D eigenvalue weighted by Crippen LogP contribution is 2.23. The van der Waals surface area contributed by atoms with Crippen LogP contribution < -0.4 is 0 Å². The van der Waals surface area contributed by atoms with E-state index in [0.717, 1.165) is 34.5 Å². The smallest absolute Gasteiger partial charge is 0.332 e. The molecule has 0 amide bonds. The van der Waals surface area contributed by atoms with E-state index < -0.39 is 5.97 Å². The normalized spacial score (nSPS) is 13.3. The number of fused-ring (bicyclic) bond motifs is 2. The number of benzene rings is 2. The number of rotatable bonds is 7. The maximum absolute atomic E-state index is 12.3. The van der Waals surface area contributed by atoms with Crippen molar-refractivity contribution in [3.63, 3.8) is 0 Å². The topological polar surface area (TPSA) is 65.5 Å². The molecule has 1 aliphatic rings. The Morgan fingerprint density at radius 3 is 2.68 bits per heavy atom. The molecule has 144 valence electrons. The zero-order chi connectivity index (χ0) is 19.3. The van der Waals surface area contributed by atoms with Crippen LogP contribution in [0.2, 0.25) is 0 Å². The van der Waals surface area contributed by atoms with Crippen molar-refractivity contribution in [2.24, 2.45) is 0 Å². The van der Waals surface area contributed by atoms with Gasteiger partial charge in [0.25, 0.3) is 0 Å². The number of carbonyl (C=O) groups is 2. The Labute approximate surface area is 167 Å². The fourth-order valence-electron chi connectivity index (χ4n) is 3.38. The summed E-state index contributed by atoms with van der Waals surface area (Å²) >= 11 is 1.53. The van der Waals surface area contributed by atoms with E-state index in [4.69, 9.17) is 9.47 Å². The van der Waals surface area contributed by atoms with Gasteiger partial charge in [-0.2, -0.15) is 0 Å². The molecule has 4 rings (SSSR count). The molecular formula is C22H21NO4S. The number of nitrogens with zero attached hydrogens (tertiary/aromatic N) is 1. The number of Topliss-reactive ketones (excluding diaryl/α,β-unsaturated/α-hetero) is 1. The van der Waals surface area contributed by atoms with Gasteiger partial charge in [0.05, 0.1) is 16.8 Å². The van der Waals surface area contributed by atoms with Crippen LogP contribution in [0.4, 0.5) is 0 Å². The first-order valence-corrected chi connectivity index (χ1v) is 10.2. The van der Waals surface area contributed by atoms with Gasteiger partial charge in [0, 0.05) is 5.56 Å². The van der Waals surface area contributed by atoms with Gasteiger partial charge in [-0.25, -0.2) is 9.78 Å². The van der Waals surface area contributed by atoms with Crippen LogP contribution in [0.1, 0.15) is 39.3 Å². The van der Waals surface area contributed by atoms with E-state index in [0.29, 0.717) is 5.56 Å². The molecule has 1 heterocycles. The molecule has 3 aromatic rings. The highest BCUT2D eigenvalue weighted by Gasteiger charge is 2.15. The number of ketones is 1. The Balaban J connectivity index is 1.23. The first-order chi connectivity index (χ1) is 13.7. The average molecular weight is 395 g/mol. The van der Waals surface area contributed by atoms with Crippen molar-refractivity contribution in [2.45, 2.75) is 32.3 Å². The highest BCUT2D eigenvalue weighted by molar-refractivity contribution is 7.18. The fraction of sp³-hybridized carbons (Fsp3) is 0.318. The van der Waals surface area contributed by atoms with Crippen molar-refractivity contribution in [3.05, 3.63) is 64.2 Å². The molecule has 0 radical (unpaired) electrons. The lowest BCUT2D eigenvalue weighted by Gasteiger charge is -2.16. The molecule has 0 aliphatic heterocycles. The van der Waals surface area contributed by atoms with Gasteiger partial charge in [0.15, 0.2) is 12.4 Å². The lowest BCUT2D eigenvalue weighted by atomic mass is 9.90. The largest absolute Gasteiger partial charge is 0.456 e. The zero-order valence-corrected chi connectivity index (χ0v) is 16.3. The number of hydrogen-bond acceptors (Lipinski definition) is 6. The number of esters is 1. The molecule has 0 saturated carbocycles. The monoisotopic (exact) mass is 395 g/mol. The first kappa shape index (κ1) is 18.8. The number of ether oxygens (including phenoxy) is 2. The molecule has 1 aliphatic carbocycles. The quantitative estimate of drug-likeness (QED) is 0.445. The van der Waals surface area contributed by atoms with Crippen molar-refractivity contribution in [1.29, 1.82) is 0 Å². The van der Waals surface area contributed by atoms with Gasteiger partial charge in [-0.05, 0) is 55.0 Å². The standard InChI is InChI=1S/C22H21NO4S/c24-19(17-10-9-15-5-1-2-6-16(15)11-17)12-27-22(25)14-26-13-21-23-18-7-3-4-8-20(18)28-21/h3-4,7-11H,1-2,5-6,12-14H2. The van der Waals surface area contributed by atoms with Crippen molar-refractivity contribution in [3.8, 4) is 0 Å². The summed E-state index contributed by atoms with van der Waals surface area (Å²) in [6.45, 7) is -0.220. The molecule has 0 saturated heterocycles. The number of aromatic nitrogens is 1. The fourth-order valence-corrected chi connectivity index (χ4v) is 4.29. The van der Waals surface area contributed by atoms with Crippen LogP contribution in [0.3, 0.4) is 0 Å². The SMILES string of the molecule is O=C(COCc1nc2ccccc2s1)OCC(=O)c1ccc2c(c1)CCCC2. The molecule has 0 atom stereocenters. The van der Waals surface area contributed by atoms with Crippen LogP contribution >= 0.6 is 11.3 Å². The van der Waals surface area contributed by atoms with Crippen molar-refractivity contribution < 1.29 is 19.1 Å². The first-order valence-electron chi connectivity index (χ1n) is 9.42. The second-order valence-electron chi connectivity index (χ2n) is 6.84. The van der Waals surface area contributed by atoms with Crippen LogP contribution in [-0.2, 0) is 33.7 Å². The lowest BCUT2D eigenvalue weighted by molar-refractivity contribution is -0.148. The van der Waals surface area contributed by atoms with Gasteiger partial charge in [-0.1, -0.05) is 24.3 Å². The summed E-state index contributed by atoms with van der Waals surface area (Å²) in [5, 5.41) is 0.805. The predicted octanol–water partition coefficient (Wildman–Crippen LogP) is 4.12. The van der Waals surface area contributed by atoms with E-state index in [1.807, 2.05) is 42.5 Å². The summed E-state index contributed by atoms with van der Waals surface area (Å²) in [6, 6.07) is 13.6. The Morgan fingerprint density at radius 1 is 1.00 bits per heavy atom. The summed E-state index contributed by atoms with van der Waals surface area (Å²) in [5.41, 5.74) is 4.08. The third-order valence-corrected chi connectivity index (χ3v) is 5.83. The van der Waals surface area contributed by atoms with E-state index in [1.54, 1.807) is 0 Å². The maximum atomic E-state index is 12.3. The number of hydrogen-bond donors (Lipinski definition) is 0. The van der Waals surface area contributed by atoms with Crippen LogP contribution in [-0.4, -0.2) is 30.0 Å². The summed E-state index contributed by atoms with van der Waals surface area (Å²) in [7, 11) is 0. The van der Waals surface area contributed by atoms with Crippen LogP contribution in [0.25, 0.3) is 10.2 Å². The zero-order valence-electron chi connectivity index (χ0n) is 15.5. The Hall–Kier alpha value is -2.57. The number of para-hydroxylation sites is 1. The minimum atomic E-state index is -0.549. The molecule has 6 heteroatoms. The van der Waals surface area contributed by atoms with Crippen molar-refractivity contribution in [2.75, 3.05) is 13.2 Å². The summed E-state index contributed by atoms with van der Waals surface area (Å²) < 4.78 is 11.5. The summed E-state index contributed by atoms with van der Waals surface area (Å²) in [4.78, 5) is 28.6. The third kappa shape index (κ3) is 4.46. The predicted molar refractivity (Wildman–Crippen MR) is 108 cm³/mol. The van der Waals surface area contributed by atoms with Gasteiger partial charge in [0.2, 0.25) is 0 Å². The van der Waals surface area contributed by atoms with E-state index >= 15 is 0 Å². The molecular weight excluding hydrogens is 374 g/mol. The molecule has 2 aromatic carbocycles. The minimum Gasteiger partial charge on any atom is -0.456 e. The molecule has 0 N–H and O–H groups in total. The highest BCUT2D eigenvalue weighted by atomic mass is 32.1. The lowest BCUT2D eigenvalue weighted by Crippen LogP contribution is -2.18. The van der Waals surface area contributed by atoms with Crippen molar-refractivity contribution >= 4 is 33.3 Å². The van der Waals surface area contributed by atoms with E-state index in [-0.39, 0.29) is 25.6 Å². The number of aryl methyl sites for hydroxylation is 2. The molecule has 0 unspecified atom stereocenters. The second kappa shape index (κ2) is 8.63. The maximum Gasteiger partial charge on any atom is 0.332 e.